The highest BCUT2D eigenvalue weighted by Gasteiger charge is 1.94. The molecule has 0 saturated carbocycles. The Balaban J connectivity index is 2.92. The SMILES string of the molecule is Cn1ncnc1C[O]. The quantitative estimate of drug-likeness (QED) is 0.502. The van der Waals surface area contributed by atoms with Crippen LogP contribution in [-0.4, -0.2) is 14.8 Å². The van der Waals surface area contributed by atoms with E-state index in [1.54, 1.807) is 7.05 Å². The van der Waals surface area contributed by atoms with Crippen molar-refractivity contribution in [3.8, 4) is 0 Å². The zero-order valence-corrected chi connectivity index (χ0v) is 4.53. The highest BCUT2D eigenvalue weighted by atomic mass is 16.3. The first-order valence-electron chi connectivity index (χ1n) is 2.25. The summed E-state index contributed by atoms with van der Waals surface area (Å²) in [4.78, 5) is 3.67. The van der Waals surface area contributed by atoms with Crippen LogP contribution in [0.25, 0.3) is 0 Å². The van der Waals surface area contributed by atoms with Gasteiger partial charge >= 0.3 is 0 Å². The number of hydrogen-bond acceptors (Lipinski definition) is 2. The Bertz CT molecular complexity index is 172. The third kappa shape index (κ3) is 0.696. The second-order valence-electron chi connectivity index (χ2n) is 1.44. The fourth-order valence-electron chi connectivity index (χ4n) is 0.451. The summed E-state index contributed by atoms with van der Waals surface area (Å²) in [5, 5.41) is 13.8. The molecule has 0 saturated heterocycles. The molecule has 4 nitrogen and oxygen atoms in total. The van der Waals surface area contributed by atoms with Crippen LogP contribution in [0.4, 0.5) is 0 Å². The van der Waals surface area contributed by atoms with Gasteiger partial charge in [0, 0.05) is 7.05 Å². The van der Waals surface area contributed by atoms with Gasteiger partial charge < -0.3 is 0 Å². The molecule has 0 N–H and O–H groups in total. The molecule has 0 unspecified atom stereocenters. The van der Waals surface area contributed by atoms with Gasteiger partial charge in [-0.05, 0) is 0 Å². The lowest BCUT2D eigenvalue weighted by atomic mass is 10.7. The molecule has 1 rings (SSSR count). The van der Waals surface area contributed by atoms with Crippen molar-refractivity contribution < 1.29 is 5.11 Å². The number of hydrogen-bond donors (Lipinski definition) is 0. The Hall–Kier alpha value is -0.900. The third-order valence-electron chi connectivity index (χ3n) is 0.934. The first-order chi connectivity index (χ1) is 3.84. The summed E-state index contributed by atoms with van der Waals surface area (Å²) in [7, 11) is 1.69. The maximum Gasteiger partial charge on any atom is 0.155 e. The van der Waals surface area contributed by atoms with Crippen LogP contribution in [0.3, 0.4) is 0 Å². The second-order valence-corrected chi connectivity index (χ2v) is 1.44. The van der Waals surface area contributed by atoms with E-state index in [1.165, 1.54) is 11.0 Å². The van der Waals surface area contributed by atoms with Crippen molar-refractivity contribution in [2.45, 2.75) is 6.61 Å². The van der Waals surface area contributed by atoms with Gasteiger partial charge in [0.25, 0.3) is 0 Å². The van der Waals surface area contributed by atoms with Crippen molar-refractivity contribution in [3.63, 3.8) is 0 Å². The lowest BCUT2D eigenvalue weighted by Gasteiger charge is -1.88. The highest BCUT2D eigenvalue weighted by Crippen LogP contribution is 1.87. The third-order valence-corrected chi connectivity index (χ3v) is 0.934. The molecule has 0 aromatic carbocycles. The van der Waals surface area contributed by atoms with E-state index in [9.17, 15) is 5.11 Å². The number of aryl methyl sites for hydroxylation is 1. The van der Waals surface area contributed by atoms with Crippen molar-refractivity contribution in [2.75, 3.05) is 0 Å². The van der Waals surface area contributed by atoms with Crippen molar-refractivity contribution in [1.29, 1.82) is 0 Å². The van der Waals surface area contributed by atoms with Crippen LogP contribution in [0, 0.1) is 0 Å². The van der Waals surface area contributed by atoms with Gasteiger partial charge in [-0.15, -0.1) is 0 Å². The molecular weight excluding hydrogens is 106 g/mol. The van der Waals surface area contributed by atoms with Gasteiger partial charge in [-0.25, -0.2) is 10.1 Å². The zero-order chi connectivity index (χ0) is 5.98. The van der Waals surface area contributed by atoms with Gasteiger partial charge in [0.15, 0.2) is 5.82 Å². The van der Waals surface area contributed by atoms with Gasteiger partial charge in [0.05, 0.1) is 0 Å². The second kappa shape index (κ2) is 1.92. The van der Waals surface area contributed by atoms with E-state index in [0.29, 0.717) is 5.82 Å². The van der Waals surface area contributed by atoms with Crippen LogP contribution in [0.5, 0.6) is 0 Å². The molecule has 0 atom stereocenters. The number of rotatable bonds is 1. The lowest BCUT2D eigenvalue weighted by Crippen LogP contribution is -1.97. The minimum absolute atomic E-state index is 0.295. The molecule has 0 bridgehead atoms. The van der Waals surface area contributed by atoms with Crippen molar-refractivity contribution in [1.82, 2.24) is 14.8 Å². The molecule has 1 aromatic heterocycles. The monoisotopic (exact) mass is 112 g/mol. The minimum atomic E-state index is -0.295. The first kappa shape index (κ1) is 5.24. The Morgan fingerprint density at radius 1 is 1.88 bits per heavy atom. The highest BCUT2D eigenvalue weighted by molar-refractivity contribution is 4.77. The summed E-state index contributed by atoms with van der Waals surface area (Å²) in [6.07, 6.45) is 1.37. The van der Waals surface area contributed by atoms with E-state index < -0.39 is 0 Å². The Labute approximate surface area is 46.8 Å². The van der Waals surface area contributed by atoms with Gasteiger partial charge in [-0.1, -0.05) is 0 Å². The summed E-state index contributed by atoms with van der Waals surface area (Å²) in [6, 6.07) is 0. The van der Waals surface area contributed by atoms with Crippen LogP contribution >= 0.6 is 0 Å². The topological polar surface area (TPSA) is 50.6 Å². The fraction of sp³-hybridized carbons (Fsp3) is 0.500. The van der Waals surface area contributed by atoms with Gasteiger partial charge in [0.1, 0.15) is 12.9 Å². The molecule has 1 heterocycles. The Kier molecular flexibility index (Phi) is 1.26. The van der Waals surface area contributed by atoms with Crippen LogP contribution in [0.1, 0.15) is 5.82 Å². The van der Waals surface area contributed by atoms with Crippen LogP contribution in [0.2, 0.25) is 0 Å². The molecule has 4 heteroatoms. The summed E-state index contributed by atoms with van der Waals surface area (Å²) in [5.41, 5.74) is 0. The van der Waals surface area contributed by atoms with Crippen LogP contribution in [0.15, 0.2) is 6.33 Å². The Morgan fingerprint density at radius 3 is 2.88 bits per heavy atom. The number of nitrogens with zero attached hydrogens (tertiary/aromatic N) is 3. The molecule has 0 aliphatic heterocycles. The molecule has 43 valence electrons. The summed E-state index contributed by atoms with van der Waals surface area (Å²) < 4.78 is 1.47. The summed E-state index contributed by atoms with van der Waals surface area (Å²) >= 11 is 0. The van der Waals surface area contributed by atoms with E-state index in [0.717, 1.165) is 0 Å². The summed E-state index contributed by atoms with van der Waals surface area (Å²) in [5.74, 6) is 0.477. The minimum Gasteiger partial charge on any atom is -0.251 e. The average Bonchev–Trinajstić information content (AvgIpc) is 2.14. The molecule has 0 aliphatic rings. The first-order valence-corrected chi connectivity index (χ1v) is 2.25. The lowest BCUT2D eigenvalue weighted by molar-refractivity contribution is 0.166. The van der Waals surface area contributed by atoms with Crippen molar-refractivity contribution in [3.05, 3.63) is 12.2 Å². The molecule has 0 aliphatic carbocycles. The number of aromatic nitrogens is 3. The standard InChI is InChI=1S/C4H6N3O/c1-7-4(2-8)5-3-6-7/h3H,2H2,1H3. The largest absolute Gasteiger partial charge is 0.251 e. The molecule has 0 fully saturated rings. The predicted molar refractivity (Wildman–Crippen MR) is 25.4 cm³/mol. The van der Waals surface area contributed by atoms with Gasteiger partial charge in [0.2, 0.25) is 0 Å². The van der Waals surface area contributed by atoms with E-state index in [1.807, 2.05) is 0 Å². The molecule has 1 radical (unpaired) electrons. The van der Waals surface area contributed by atoms with E-state index in [-0.39, 0.29) is 6.61 Å². The van der Waals surface area contributed by atoms with E-state index in [4.69, 9.17) is 0 Å². The van der Waals surface area contributed by atoms with E-state index >= 15 is 0 Å². The smallest absolute Gasteiger partial charge is 0.155 e. The molecule has 8 heavy (non-hydrogen) atoms. The molecule has 0 spiro atoms. The zero-order valence-electron chi connectivity index (χ0n) is 4.53. The molecule has 1 aromatic rings. The van der Waals surface area contributed by atoms with Gasteiger partial charge in [-0.3, -0.25) is 4.68 Å². The summed E-state index contributed by atoms with van der Waals surface area (Å²) in [6.45, 7) is -0.295. The average molecular weight is 112 g/mol. The maximum absolute atomic E-state index is 10.1. The molecular formula is C4H6N3O. The van der Waals surface area contributed by atoms with Crippen LogP contribution < -0.4 is 0 Å². The molecule has 0 amide bonds. The van der Waals surface area contributed by atoms with Crippen molar-refractivity contribution in [2.24, 2.45) is 7.05 Å². The normalized spacial score (nSPS) is 9.75. The Morgan fingerprint density at radius 2 is 2.62 bits per heavy atom. The predicted octanol–water partition coefficient (Wildman–Crippen LogP) is -0.254. The van der Waals surface area contributed by atoms with Crippen molar-refractivity contribution >= 4 is 0 Å². The van der Waals surface area contributed by atoms with E-state index in [2.05, 4.69) is 10.1 Å². The van der Waals surface area contributed by atoms with Crippen LogP contribution in [-0.2, 0) is 18.8 Å². The fourth-order valence-corrected chi connectivity index (χ4v) is 0.451. The maximum atomic E-state index is 10.1. The van der Waals surface area contributed by atoms with Gasteiger partial charge in [-0.2, -0.15) is 5.10 Å².